The molecule has 1 aromatic heterocycles. The molecule has 0 radical (unpaired) electrons. The van der Waals surface area contributed by atoms with E-state index in [2.05, 4.69) is 15.6 Å². The fourth-order valence-electron chi connectivity index (χ4n) is 2.15. The van der Waals surface area contributed by atoms with E-state index in [4.69, 9.17) is 4.74 Å². The average Bonchev–Trinajstić information content (AvgIpc) is 3.02. The number of carbonyl (C=O) groups is 3. The third-order valence-electron chi connectivity index (χ3n) is 3.72. The molecular weight excluding hydrogens is 354 g/mol. The predicted octanol–water partition coefficient (Wildman–Crippen LogP) is 2.79. The van der Waals surface area contributed by atoms with Crippen LogP contribution in [0, 0.1) is 0 Å². The molecule has 0 fully saturated rings. The molecule has 26 heavy (non-hydrogen) atoms. The van der Waals surface area contributed by atoms with Crippen LogP contribution in [0.1, 0.15) is 38.1 Å². The Bertz CT molecular complexity index is 742. The number of aromatic nitrogens is 1. The van der Waals surface area contributed by atoms with E-state index in [0.29, 0.717) is 12.8 Å². The molecule has 0 aliphatic heterocycles. The van der Waals surface area contributed by atoms with Crippen LogP contribution in [0.4, 0.5) is 4.79 Å². The van der Waals surface area contributed by atoms with E-state index < -0.39 is 24.5 Å². The number of thiazole rings is 1. The number of urea groups is 1. The van der Waals surface area contributed by atoms with Crippen LogP contribution in [0.25, 0.3) is 10.2 Å². The number of nitrogens with zero attached hydrogens (tertiary/aromatic N) is 1. The Hall–Kier alpha value is -2.48. The highest BCUT2D eigenvalue weighted by Crippen LogP contribution is 2.22. The third-order valence-corrected chi connectivity index (χ3v) is 4.81. The van der Waals surface area contributed by atoms with Crippen LogP contribution in [0.3, 0.4) is 0 Å². The summed E-state index contributed by atoms with van der Waals surface area (Å²) in [5.41, 5.74) is 0.961. The van der Waals surface area contributed by atoms with E-state index in [1.165, 1.54) is 0 Å². The zero-order valence-corrected chi connectivity index (χ0v) is 15.7. The number of rotatable bonds is 8. The van der Waals surface area contributed by atoms with Crippen molar-refractivity contribution in [2.75, 3.05) is 6.61 Å². The van der Waals surface area contributed by atoms with Gasteiger partial charge in [0, 0.05) is 12.5 Å². The lowest BCUT2D eigenvalue weighted by Crippen LogP contribution is -2.44. The Balaban J connectivity index is 1.64. The number of fused-ring (bicyclic) bond motifs is 1. The molecule has 7 nitrogen and oxygen atoms in total. The summed E-state index contributed by atoms with van der Waals surface area (Å²) in [5, 5.41) is 5.69. The Morgan fingerprint density at radius 1 is 1.27 bits per heavy atom. The number of amides is 3. The number of aryl methyl sites for hydroxylation is 1. The summed E-state index contributed by atoms with van der Waals surface area (Å²) in [6, 6.07) is 7.26. The van der Waals surface area contributed by atoms with E-state index in [1.807, 2.05) is 38.1 Å². The van der Waals surface area contributed by atoms with Gasteiger partial charge in [0.05, 0.1) is 15.2 Å². The highest BCUT2D eigenvalue weighted by Gasteiger charge is 2.12. The lowest BCUT2D eigenvalue weighted by atomic mass is 10.2. The van der Waals surface area contributed by atoms with Gasteiger partial charge in [-0.05, 0) is 38.3 Å². The molecule has 3 amide bonds. The highest BCUT2D eigenvalue weighted by molar-refractivity contribution is 7.18. The first-order valence-electron chi connectivity index (χ1n) is 8.58. The topological polar surface area (TPSA) is 97.4 Å². The first-order valence-corrected chi connectivity index (χ1v) is 9.40. The zero-order valence-electron chi connectivity index (χ0n) is 14.9. The van der Waals surface area contributed by atoms with Crippen LogP contribution in [-0.4, -0.2) is 35.5 Å². The molecule has 2 rings (SSSR count). The molecule has 0 aliphatic carbocycles. The van der Waals surface area contributed by atoms with Gasteiger partial charge in [-0.2, -0.15) is 0 Å². The van der Waals surface area contributed by atoms with Crippen LogP contribution in [-0.2, 0) is 20.7 Å². The largest absolute Gasteiger partial charge is 0.456 e. The lowest BCUT2D eigenvalue weighted by molar-refractivity contribution is -0.148. The first kappa shape index (κ1) is 19.8. The van der Waals surface area contributed by atoms with Gasteiger partial charge in [-0.15, -0.1) is 11.3 Å². The minimum absolute atomic E-state index is 0.0344. The smallest absolute Gasteiger partial charge is 0.321 e. The molecule has 0 saturated heterocycles. The molecule has 2 N–H and O–H groups in total. The molecule has 8 heteroatoms. The van der Waals surface area contributed by atoms with E-state index in [-0.39, 0.29) is 12.5 Å². The van der Waals surface area contributed by atoms with Crippen molar-refractivity contribution in [1.29, 1.82) is 0 Å². The van der Waals surface area contributed by atoms with Crippen LogP contribution in [0.2, 0.25) is 0 Å². The van der Waals surface area contributed by atoms with Crippen molar-refractivity contribution in [3.8, 4) is 0 Å². The molecule has 0 aliphatic rings. The maximum Gasteiger partial charge on any atom is 0.321 e. The fraction of sp³-hybridized carbons (Fsp3) is 0.444. The van der Waals surface area contributed by atoms with Gasteiger partial charge in [-0.3, -0.25) is 14.9 Å². The summed E-state index contributed by atoms with van der Waals surface area (Å²) >= 11 is 1.61. The van der Waals surface area contributed by atoms with Gasteiger partial charge in [-0.1, -0.05) is 19.1 Å². The van der Waals surface area contributed by atoms with E-state index in [1.54, 1.807) is 11.3 Å². The number of esters is 1. The monoisotopic (exact) mass is 377 g/mol. The fourth-order valence-corrected chi connectivity index (χ4v) is 3.16. The van der Waals surface area contributed by atoms with Gasteiger partial charge >= 0.3 is 12.0 Å². The van der Waals surface area contributed by atoms with Gasteiger partial charge in [0.1, 0.15) is 0 Å². The first-order chi connectivity index (χ1) is 12.5. The Morgan fingerprint density at radius 3 is 2.77 bits per heavy atom. The van der Waals surface area contributed by atoms with Crippen molar-refractivity contribution in [2.24, 2.45) is 0 Å². The van der Waals surface area contributed by atoms with E-state index in [9.17, 15) is 14.4 Å². The SMILES string of the molecule is CC[C@@H](C)NC(=O)NC(=O)COC(=O)CCCc1nc2ccccc2s1. The zero-order chi connectivity index (χ0) is 18.9. The Labute approximate surface area is 156 Å². The third kappa shape index (κ3) is 6.44. The predicted molar refractivity (Wildman–Crippen MR) is 99.9 cm³/mol. The van der Waals surface area contributed by atoms with Crippen molar-refractivity contribution in [2.45, 2.75) is 45.6 Å². The maximum atomic E-state index is 11.7. The summed E-state index contributed by atoms with van der Waals surface area (Å²) in [4.78, 5) is 39.3. The molecule has 1 aromatic carbocycles. The van der Waals surface area contributed by atoms with Gasteiger partial charge in [0.2, 0.25) is 0 Å². The van der Waals surface area contributed by atoms with Crippen LogP contribution >= 0.6 is 11.3 Å². The standard InChI is InChI=1S/C18H23N3O4S/c1-3-12(2)19-18(24)21-15(22)11-25-17(23)10-6-9-16-20-13-7-4-5-8-14(13)26-16/h4-5,7-8,12H,3,6,9-11H2,1-2H3,(H2,19,21,22,24)/t12-/m1/s1. The molecule has 0 unspecified atom stereocenters. The molecule has 2 aromatic rings. The lowest BCUT2D eigenvalue weighted by Gasteiger charge is -2.11. The number of nitrogens with one attached hydrogen (secondary N) is 2. The van der Waals surface area contributed by atoms with Gasteiger partial charge in [0.25, 0.3) is 5.91 Å². The summed E-state index contributed by atoms with van der Waals surface area (Å²) < 4.78 is 6.01. The summed E-state index contributed by atoms with van der Waals surface area (Å²) in [5.74, 6) is -1.12. The van der Waals surface area contributed by atoms with Crippen molar-refractivity contribution in [3.05, 3.63) is 29.3 Å². The maximum absolute atomic E-state index is 11.7. The van der Waals surface area contributed by atoms with Crippen LogP contribution < -0.4 is 10.6 Å². The number of hydrogen-bond donors (Lipinski definition) is 2. The second-order valence-electron chi connectivity index (χ2n) is 5.92. The normalized spacial score (nSPS) is 11.8. The van der Waals surface area contributed by atoms with Gasteiger partial charge < -0.3 is 10.1 Å². The van der Waals surface area contributed by atoms with E-state index in [0.717, 1.165) is 21.6 Å². The second kappa shape index (κ2) is 9.86. The second-order valence-corrected chi connectivity index (χ2v) is 7.04. The average molecular weight is 377 g/mol. The van der Waals surface area contributed by atoms with Crippen LogP contribution in [0.15, 0.2) is 24.3 Å². The molecule has 140 valence electrons. The minimum Gasteiger partial charge on any atom is -0.456 e. The number of imide groups is 1. The molecule has 0 saturated carbocycles. The highest BCUT2D eigenvalue weighted by atomic mass is 32.1. The quantitative estimate of drug-likeness (QED) is 0.690. The Kier molecular flexibility index (Phi) is 7.53. The molecule has 0 spiro atoms. The summed E-state index contributed by atoms with van der Waals surface area (Å²) in [6.07, 6.45) is 2.22. The molecule has 0 bridgehead atoms. The number of para-hydroxylation sites is 1. The molecular formula is C18H23N3O4S. The molecule has 1 atom stereocenters. The summed E-state index contributed by atoms with van der Waals surface area (Å²) in [6.45, 7) is 3.28. The number of hydrogen-bond acceptors (Lipinski definition) is 6. The van der Waals surface area contributed by atoms with Crippen molar-refractivity contribution in [1.82, 2.24) is 15.6 Å². The number of benzene rings is 1. The van der Waals surface area contributed by atoms with Crippen molar-refractivity contribution >= 4 is 39.5 Å². The van der Waals surface area contributed by atoms with Gasteiger partial charge in [-0.25, -0.2) is 9.78 Å². The number of ether oxygens (including phenoxy) is 1. The Morgan fingerprint density at radius 2 is 2.04 bits per heavy atom. The van der Waals surface area contributed by atoms with Crippen molar-refractivity contribution < 1.29 is 19.1 Å². The van der Waals surface area contributed by atoms with E-state index >= 15 is 0 Å². The number of carbonyl (C=O) groups excluding carboxylic acids is 3. The van der Waals surface area contributed by atoms with Gasteiger partial charge in [0.15, 0.2) is 6.61 Å². The molecule has 1 heterocycles. The van der Waals surface area contributed by atoms with Crippen LogP contribution in [0.5, 0.6) is 0 Å². The summed E-state index contributed by atoms with van der Waals surface area (Å²) in [7, 11) is 0. The minimum atomic E-state index is -0.648. The van der Waals surface area contributed by atoms with Crippen molar-refractivity contribution in [3.63, 3.8) is 0 Å².